The van der Waals surface area contributed by atoms with Crippen molar-refractivity contribution in [2.45, 2.75) is 51.6 Å². The summed E-state index contributed by atoms with van der Waals surface area (Å²) in [7, 11) is 0. The second-order valence-electron chi connectivity index (χ2n) is 6.37. The van der Waals surface area contributed by atoms with Gasteiger partial charge in [0.05, 0.1) is 6.10 Å². The number of hydrogen-bond acceptors (Lipinski definition) is 2. The molecule has 1 aromatic heterocycles. The fourth-order valence-electron chi connectivity index (χ4n) is 3.96. The minimum Gasteiger partial charge on any atom is -0.392 e. The lowest BCUT2D eigenvalue weighted by molar-refractivity contribution is 0.0665. The van der Waals surface area contributed by atoms with Gasteiger partial charge < -0.3 is 5.11 Å². The topological polar surface area (TPSA) is 33.1 Å². The molecule has 4 atom stereocenters. The van der Waals surface area contributed by atoms with Gasteiger partial charge in [-0.05, 0) is 56.1 Å². The summed E-state index contributed by atoms with van der Waals surface area (Å²) in [4.78, 5) is 4.52. The number of fused-ring (bicyclic) bond motifs is 1. The SMILES string of the molecule is CC1=CC(C)CC(C(O)C2CCc3cccnc32)C1. The molecule has 0 amide bonds. The molecule has 0 saturated heterocycles. The van der Waals surface area contributed by atoms with Gasteiger partial charge in [0, 0.05) is 17.8 Å². The Balaban J connectivity index is 1.79. The zero-order valence-electron chi connectivity index (χ0n) is 11.8. The van der Waals surface area contributed by atoms with E-state index in [-0.39, 0.29) is 12.0 Å². The molecule has 2 aliphatic rings. The van der Waals surface area contributed by atoms with Crippen molar-refractivity contribution in [1.82, 2.24) is 4.98 Å². The Kier molecular flexibility index (Phi) is 3.44. The molecule has 0 fully saturated rings. The Bertz CT molecular complexity index is 494. The second-order valence-corrected chi connectivity index (χ2v) is 6.37. The molecule has 1 N–H and O–H groups in total. The van der Waals surface area contributed by atoms with E-state index in [1.165, 1.54) is 11.1 Å². The Morgan fingerprint density at radius 1 is 1.42 bits per heavy atom. The van der Waals surface area contributed by atoms with Gasteiger partial charge in [-0.1, -0.05) is 24.6 Å². The summed E-state index contributed by atoms with van der Waals surface area (Å²) in [5, 5.41) is 10.8. The summed E-state index contributed by atoms with van der Waals surface area (Å²) < 4.78 is 0. The fourth-order valence-corrected chi connectivity index (χ4v) is 3.96. The third-order valence-electron chi connectivity index (χ3n) is 4.72. The molecule has 0 aromatic carbocycles. The molecule has 2 aliphatic carbocycles. The Morgan fingerprint density at radius 3 is 3.05 bits per heavy atom. The van der Waals surface area contributed by atoms with Crippen molar-refractivity contribution in [3.8, 4) is 0 Å². The van der Waals surface area contributed by atoms with Gasteiger partial charge in [-0.15, -0.1) is 0 Å². The van der Waals surface area contributed by atoms with E-state index in [9.17, 15) is 5.11 Å². The second kappa shape index (κ2) is 5.09. The average Bonchev–Trinajstić information content (AvgIpc) is 2.80. The quantitative estimate of drug-likeness (QED) is 0.823. The number of aromatic nitrogens is 1. The molecule has 19 heavy (non-hydrogen) atoms. The van der Waals surface area contributed by atoms with E-state index in [2.05, 4.69) is 31.0 Å². The van der Waals surface area contributed by atoms with E-state index in [1.807, 2.05) is 12.3 Å². The number of pyridine rings is 1. The molecule has 4 unspecified atom stereocenters. The molecular weight excluding hydrogens is 234 g/mol. The number of aryl methyl sites for hydroxylation is 1. The standard InChI is InChI=1S/C17H23NO/c1-11-8-12(2)10-14(9-11)17(19)15-6-5-13-4-3-7-18-16(13)15/h3-4,7-8,11,14-15,17,19H,5-6,9-10H2,1-2H3. The van der Waals surface area contributed by atoms with Crippen LogP contribution >= 0.6 is 0 Å². The number of allylic oxidation sites excluding steroid dienone is 2. The molecule has 0 aliphatic heterocycles. The van der Waals surface area contributed by atoms with Gasteiger partial charge in [0.2, 0.25) is 0 Å². The van der Waals surface area contributed by atoms with E-state index in [0.29, 0.717) is 11.8 Å². The van der Waals surface area contributed by atoms with Gasteiger partial charge in [0.1, 0.15) is 0 Å². The first kappa shape index (κ1) is 12.9. The lowest BCUT2D eigenvalue weighted by Gasteiger charge is -2.32. The first-order chi connectivity index (χ1) is 9.15. The van der Waals surface area contributed by atoms with E-state index in [1.54, 1.807) is 0 Å². The van der Waals surface area contributed by atoms with Gasteiger partial charge in [-0.2, -0.15) is 0 Å². The van der Waals surface area contributed by atoms with E-state index in [0.717, 1.165) is 31.4 Å². The van der Waals surface area contributed by atoms with E-state index >= 15 is 0 Å². The van der Waals surface area contributed by atoms with Crippen LogP contribution < -0.4 is 0 Å². The summed E-state index contributed by atoms with van der Waals surface area (Å²) in [6, 6.07) is 4.16. The van der Waals surface area contributed by atoms with Crippen LogP contribution in [-0.2, 0) is 6.42 Å². The van der Waals surface area contributed by atoms with Crippen molar-refractivity contribution in [3.05, 3.63) is 41.2 Å². The molecule has 2 nitrogen and oxygen atoms in total. The maximum absolute atomic E-state index is 10.8. The molecule has 2 heteroatoms. The minimum atomic E-state index is -0.234. The van der Waals surface area contributed by atoms with Crippen LogP contribution in [0.5, 0.6) is 0 Å². The van der Waals surface area contributed by atoms with Gasteiger partial charge in [-0.3, -0.25) is 4.98 Å². The molecule has 1 heterocycles. The van der Waals surface area contributed by atoms with Crippen LogP contribution in [-0.4, -0.2) is 16.2 Å². The largest absolute Gasteiger partial charge is 0.392 e. The zero-order chi connectivity index (χ0) is 13.4. The number of nitrogens with zero attached hydrogens (tertiary/aromatic N) is 1. The van der Waals surface area contributed by atoms with Crippen molar-refractivity contribution in [1.29, 1.82) is 0 Å². The molecule has 0 spiro atoms. The Hall–Kier alpha value is -1.15. The van der Waals surface area contributed by atoms with Gasteiger partial charge >= 0.3 is 0 Å². The highest BCUT2D eigenvalue weighted by Crippen LogP contribution is 2.40. The van der Waals surface area contributed by atoms with Gasteiger partial charge in [0.15, 0.2) is 0 Å². The van der Waals surface area contributed by atoms with Gasteiger partial charge in [-0.25, -0.2) is 0 Å². The van der Waals surface area contributed by atoms with Gasteiger partial charge in [0.25, 0.3) is 0 Å². The summed E-state index contributed by atoms with van der Waals surface area (Å²) in [5.74, 6) is 1.25. The van der Waals surface area contributed by atoms with Crippen LogP contribution in [0.2, 0.25) is 0 Å². The third kappa shape index (κ3) is 2.46. The van der Waals surface area contributed by atoms with Crippen molar-refractivity contribution >= 4 is 0 Å². The lowest BCUT2D eigenvalue weighted by atomic mass is 9.76. The zero-order valence-corrected chi connectivity index (χ0v) is 11.8. The van der Waals surface area contributed by atoms with Crippen LogP contribution in [0.3, 0.4) is 0 Å². The fraction of sp³-hybridized carbons (Fsp3) is 0.588. The number of aliphatic hydroxyl groups excluding tert-OH is 1. The summed E-state index contributed by atoms with van der Waals surface area (Å²) in [5.41, 5.74) is 3.92. The van der Waals surface area contributed by atoms with Crippen LogP contribution in [0.4, 0.5) is 0 Å². The summed E-state index contributed by atoms with van der Waals surface area (Å²) >= 11 is 0. The highest BCUT2D eigenvalue weighted by molar-refractivity contribution is 5.30. The maximum Gasteiger partial charge on any atom is 0.0655 e. The van der Waals surface area contributed by atoms with E-state index in [4.69, 9.17) is 0 Å². The third-order valence-corrected chi connectivity index (χ3v) is 4.72. The highest BCUT2D eigenvalue weighted by atomic mass is 16.3. The predicted molar refractivity (Wildman–Crippen MR) is 77.0 cm³/mol. The summed E-state index contributed by atoms with van der Waals surface area (Å²) in [6.07, 6.45) is 8.26. The van der Waals surface area contributed by atoms with Crippen molar-refractivity contribution in [3.63, 3.8) is 0 Å². The smallest absolute Gasteiger partial charge is 0.0655 e. The molecular formula is C17H23NO. The first-order valence-corrected chi connectivity index (χ1v) is 7.44. The Labute approximate surface area is 115 Å². The van der Waals surface area contributed by atoms with Crippen LogP contribution in [0.15, 0.2) is 30.0 Å². The molecule has 0 radical (unpaired) electrons. The lowest BCUT2D eigenvalue weighted by Crippen LogP contribution is -2.30. The number of hydrogen-bond donors (Lipinski definition) is 1. The van der Waals surface area contributed by atoms with Crippen LogP contribution in [0.1, 0.15) is 50.3 Å². The molecule has 0 saturated carbocycles. The predicted octanol–water partition coefficient (Wildman–Crippen LogP) is 3.46. The van der Waals surface area contributed by atoms with E-state index < -0.39 is 0 Å². The maximum atomic E-state index is 10.8. The molecule has 102 valence electrons. The molecule has 0 bridgehead atoms. The molecule has 1 aromatic rings. The highest BCUT2D eigenvalue weighted by Gasteiger charge is 2.35. The van der Waals surface area contributed by atoms with Crippen LogP contribution in [0.25, 0.3) is 0 Å². The number of aliphatic hydroxyl groups is 1. The van der Waals surface area contributed by atoms with Crippen LogP contribution in [0, 0.1) is 11.8 Å². The monoisotopic (exact) mass is 257 g/mol. The normalized spacial score (nSPS) is 31.7. The summed E-state index contributed by atoms with van der Waals surface area (Å²) in [6.45, 7) is 4.44. The minimum absolute atomic E-state index is 0.234. The molecule has 3 rings (SSSR count). The first-order valence-electron chi connectivity index (χ1n) is 7.44. The van der Waals surface area contributed by atoms with Crippen molar-refractivity contribution in [2.75, 3.05) is 0 Å². The van der Waals surface area contributed by atoms with Crippen molar-refractivity contribution in [2.24, 2.45) is 11.8 Å². The number of rotatable bonds is 2. The average molecular weight is 257 g/mol. The Morgan fingerprint density at radius 2 is 2.26 bits per heavy atom. The van der Waals surface area contributed by atoms with Crippen molar-refractivity contribution < 1.29 is 5.11 Å².